The molecule has 48 valence electrons. The molecule has 0 saturated carbocycles. The monoisotopic (exact) mass is 242 g/mol. The molecular weight excluding hydrogens is 234 g/mol. The quantitative estimate of drug-likeness (QED) is 0.456. The van der Waals surface area contributed by atoms with Crippen LogP contribution in [0.1, 0.15) is 0 Å². The third-order valence-corrected chi connectivity index (χ3v) is 0. The smallest absolute Gasteiger partial charge is 0.00460 e. The minimum atomic E-state index is -4.17. The van der Waals surface area contributed by atoms with Gasteiger partial charge in [-0.3, -0.25) is 0 Å². The molecule has 0 atom stereocenters. The van der Waals surface area contributed by atoms with Gasteiger partial charge in [-0.15, -0.1) is 0 Å². The molecule has 0 spiro atoms. The van der Waals surface area contributed by atoms with Crippen molar-refractivity contribution in [3.05, 3.63) is 0 Å². The minimum absolute atomic E-state index is 0. The first kappa shape index (κ1) is 15.7. The molecule has 0 aromatic rings. The summed E-state index contributed by atoms with van der Waals surface area (Å²) in [5.74, 6) is 0. The van der Waals surface area contributed by atoms with Crippen LogP contribution in [0.5, 0.6) is 0 Å². The topological polar surface area (TPSA) is 136 Å². The van der Waals surface area contributed by atoms with Crippen molar-refractivity contribution in [3.63, 3.8) is 0 Å². The van der Waals surface area contributed by atoms with Gasteiger partial charge in [-0.2, -0.15) is 0 Å². The fourth-order valence-electron chi connectivity index (χ4n) is 0. The number of hydrogen-bond donors (Lipinski definition) is 2. The van der Waals surface area contributed by atoms with Crippen LogP contribution in [0.2, 0.25) is 0 Å². The fourth-order valence-corrected chi connectivity index (χ4v) is 0. The van der Waals surface area contributed by atoms with Crippen molar-refractivity contribution in [1.29, 1.82) is 0 Å². The van der Waals surface area contributed by atoms with Crippen LogP contribution < -0.4 is 22.1 Å². The van der Waals surface area contributed by atoms with Crippen molar-refractivity contribution in [2.45, 2.75) is 0 Å². The van der Waals surface area contributed by atoms with Crippen molar-refractivity contribution in [3.8, 4) is 0 Å². The second-order valence-corrected chi connectivity index (χ2v) is 4.84. The zero-order valence-electron chi connectivity index (χ0n) is 4.05. The van der Waals surface area contributed by atoms with Crippen molar-refractivity contribution in [2.24, 2.45) is 0 Å². The number of hydrogen-bond acceptors (Lipinski definition) is 3. The molecule has 0 bridgehead atoms. The summed E-state index contributed by atoms with van der Waals surface area (Å²) in [6.07, 6.45) is 0. The van der Waals surface area contributed by atoms with E-state index in [-0.39, 0.29) is 12.3 Å². The summed E-state index contributed by atoms with van der Waals surface area (Å²) < 4.78 is 9.09. The molecule has 0 saturated heterocycles. The van der Waals surface area contributed by atoms with Crippen LogP contribution in [0, 0.1) is 0 Å². The average Bonchev–Trinajstić information content (AvgIpc) is 0.722. The van der Waals surface area contributed by atoms with E-state index in [4.69, 9.17) is 14.4 Å². The molecule has 0 amide bonds. The van der Waals surface area contributed by atoms with Gasteiger partial charge >= 0.3 is 0 Å². The largest absolute Gasteiger partial charge is 0.803 e. The van der Waals surface area contributed by atoms with E-state index in [2.05, 4.69) is 0 Å². The van der Waals surface area contributed by atoms with Gasteiger partial charge in [-0.25, -0.2) is 0 Å². The Bertz CT molecular complexity index is 59.1. The standard InChI is InChI=1S/H2IO3P.2H3N/c1-5(2,3)4;;/h(H2,2,3,4);2*1H3. The Morgan fingerprint density at radius 2 is 1.29 bits per heavy atom. The zero-order valence-corrected chi connectivity index (χ0v) is 7.10. The maximum atomic E-state index is 9.09. The normalized spacial score (nSPS) is 8.43. The summed E-state index contributed by atoms with van der Waals surface area (Å²) in [5, 5.41) is -4.17. The van der Waals surface area contributed by atoms with E-state index in [1.165, 1.54) is 0 Å². The van der Waals surface area contributed by atoms with Crippen LogP contribution in [0.25, 0.3) is 0 Å². The Morgan fingerprint density at radius 3 is 1.29 bits per heavy atom. The Kier molecular flexibility index (Phi) is 11.1. The zero-order chi connectivity index (χ0) is 4.50. The lowest BCUT2D eigenvalue weighted by atomic mass is 14.0. The lowest BCUT2D eigenvalue weighted by Crippen LogP contribution is -2.05. The van der Waals surface area contributed by atoms with Crippen molar-refractivity contribution in [2.75, 3.05) is 0 Å². The molecule has 8 N–H and O–H groups in total. The maximum absolute atomic E-state index is 9.09. The maximum Gasteiger partial charge on any atom is -0.00460 e. The Labute approximate surface area is 54.3 Å². The highest BCUT2D eigenvalue weighted by Gasteiger charge is 1.65. The molecule has 0 rings (SSSR count). The van der Waals surface area contributed by atoms with E-state index in [9.17, 15) is 0 Å². The van der Waals surface area contributed by atoms with Gasteiger partial charge in [0.15, 0.2) is 0 Å². The van der Waals surface area contributed by atoms with Crippen LogP contribution in [0.15, 0.2) is 0 Å². The van der Waals surface area contributed by atoms with Gasteiger partial charge in [0.25, 0.3) is 0 Å². The first-order chi connectivity index (χ1) is 2.00. The highest BCUT2D eigenvalue weighted by molar-refractivity contribution is 14.2. The van der Waals surface area contributed by atoms with Crippen molar-refractivity contribution in [1.82, 2.24) is 12.3 Å². The Hall–Kier alpha value is 0.800. The average molecular weight is 242 g/mol. The van der Waals surface area contributed by atoms with Crippen LogP contribution in [-0.2, 0) is 4.57 Å². The third kappa shape index (κ3) is 245. The van der Waals surface area contributed by atoms with Gasteiger partial charge in [0, 0.05) is 0 Å². The van der Waals surface area contributed by atoms with Gasteiger partial charge in [-0.1, -0.05) is 0 Å². The Morgan fingerprint density at radius 1 is 1.29 bits per heavy atom. The molecule has 0 heterocycles. The molecule has 5 nitrogen and oxygen atoms in total. The highest BCUT2D eigenvalue weighted by atomic mass is 127. The number of quaternary nitrogens is 2. The first-order valence-corrected chi connectivity index (χ1v) is 5.04. The molecule has 0 radical (unpaired) electrons. The molecule has 0 aliphatic rings. The molecule has 0 aromatic heterocycles. The molecule has 0 unspecified atom stereocenters. The van der Waals surface area contributed by atoms with Gasteiger partial charge < -0.3 is 26.7 Å². The van der Waals surface area contributed by atoms with E-state index < -0.39 is 5.24 Å². The molecule has 7 heavy (non-hydrogen) atoms. The number of halogens is 1. The van der Waals surface area contributed by atoms with Gasteiger partial charge in [0.1, 0.15) is 0 Å². The van der Waals surface area contributed by atoms with E-state index in [0.717, 1.165) is 22.0 Å². The summed E-state index contributed by atoms with van der Waals surface area (Å²) >= 11 is 0.822. The Balaban J connectivity index is -0.0000000800. The summed E-state index contributed by atoms with van der Waals surface area (Å²) in [6.45, 7) is 0. The summed E-state index contributed by atoms with van der Waals surface area (Å²) in [7, 11) is 0. The van der Waals surface area contributed by atoms with Crippen LogP contribution in [0.3, 0.4) is 0 Å². The van der Waals surface area contributed by atoms with E-state index >= 15 is 0 Å². The molecular formula is H8IN2O3P. The van der Waals surface area contributed by atoms with E-state index in [1.54, 1.807) is 0 Å². The van der Waals surface area contributed by atoms with Crippen molar-refractivity contribution >= 4 is 27.3 Å². The van der Waals surface area contributed by atoms with Crippen LogP contribution >= 0.6 is 27.3 Å². The SMILES string of the molecule is O=P([O-])([O-])I.[NH4+].[NH4+]. The van der Waals surface area contributed by atoms with E-state index in [0.29, 0.717) is 0 Å². The van der Waals surface area contributed by atoms with Crippen LogP contribution in [0.4, 0.5) is 0 Å². The van der Waals surface area contributed by atoms with Gasteiger partial charge in [0.2, 0.25) is 0 Å². The number of rotatable bonds is 0. The highest BCUT2D eigenvalue weighted by Crippen LogP contribution is 2.33. The fraction of sp³-hybridized carbons (Fsp3) is 0. The molecule has 7 heteroatoms. The van der Waals surface area contributed by atoms with Gasteiger partial charge in [0.05, 0.1) is 0 Å². The predicted molar refractivity (Wildman–Crippen MR) is 33.6 cm³/mol. The summed E-state index contributed by atoms with van der Waals surface area (Å²) in [5.41, 5.74) is 0. The summed E-state index contributed by atoms with van der Waals surface area (Å²) in [6, 6.07) is 0. The van der Waals surface area contributed by atoms with Crippen LogP contribution in [-0.4, -0.2) is 0 Å². The van der Waals surface area contributed by atoms with E-state index in [1.807, 2.05) is 0 Å². The second kappa shape index (κ2) is 4.95. The lowest BCUT2D eigenvalue weighted by Gasteiger charge is -2.19. The lowest BCUT2D eigenvalue weighted by molar-refractivity contribution is -0.300. The third-order valence-electron chi connectivity index (χ3n) is 0. The summed E-state index contributed by atoms with van der Waals surface area (Å²) in [4.78, 5) is 18.2. The second-order valence-electron chi connectivity index (χ2n) is 0.431. The molecule has 0 aliphatic heterocycles. The minimum Gasteiger partial charge on any atom is -0.803 e. The molecule has 0 aromatic carbocycles. The predicted octanol–water partition coefficient (Wildman–Crippen LogP) is 0.00250. The van der Waals surface area contributed by atoms with Crippen molar-refractivity contribution < 1.29 is 14.4 Å². The molecule has 0 fully saturated rings. The molecule has 0 aliphatic carbocycles. The van der Waals surface area contributed by atoms with Gasteiger partial charge in [-0.05, 0) is 27.3 Å². The first-order valence-electron chi connectivity index (χ1n) is 0.717.